The summed E-state index contributed by atoms with van der Waals surface area (Å²) in [4.78, 5) is 0. The first-order chi connectivity index (χ1) is 7.24. The van der Waals surface area contributed by atoms with E-state index in [4.69, 9.17) is 5.84 Å². The third kappa shape index (κ3) is 8.88. The van der Waals surface area contributed by atoms with Crippen LogP contribution in [0.25, 0.3) is 0 Å². The van der Waals surface area contributed by atoms with E-state index in [0.717, 1.165) is 19.0 Å². The molecular formula is C13H30N2. The second-order valence-corrected chi connectivity index (χ2v) is 4.62. The maximum atomic E-state index is 6.00. The van der Waals surface area contributed by atoms with Gasteiger partial charge in [-0.2, -0.15) is 0 Å². The molecule has 2 N–H and O–H groups in total. The van der Waals surface area contributed by atoms with E-state index < -0.39 is 0 Å². The molecule has 15 heavy (non-hydrogen) atoms. The highest BCUT2D eigenvalue weighted by molar-refractivity contribution is 4.61. The molecular weight excluding hydrogens is 184 g/mol. The Kier molecular flexibility index (Phi) is 10.4. The maximum absolute atomic E-state index is 6.00. The van der Waals surface area contributed by atoms with Gasteiger partial charge < -0.3 is 0 Å². The number of nitrogens with zero attached hydrogens (tertiary/aromatic N) is 1. The first-order valence-corrected chi connectivity index (χ1v) is 6.74. The van der Waals surface area contributed by atoms with Crippen LogP contribution >= 0.6 is 0 Å². The molecule has 0 fully saturated rings. The molecule has 0 aromatic rings. The van der Waals surface area contributed by atoms with Crippen LogP contribution in [0.2, 0.25) is 0 Å². The highest BCUT2D eigenvalue weighted by atomic mass is 15.4. The van der Waals surface area contributed by atoms with Crippen LogP contribution in [0.15, 0.2) is 0 Å². The molecule has 92 valence electrons. The molecule has 0 rings (SSSR count). The lowest BCUT2D eigenvalue weighted by atomic mass is 9.99. The molecule has 0 bridgehead atoms. The zero-order valence-corrected chi connectivity index (χ0v) is 11.0. The van der Waals surface area contributed by atoms with Crippen molar-refractivity contribution in [3.05, 3.63) is 0 Å². The summed E-state index contributed by atoms with van der Waals surface area (Å²) in [5.74, 6) is 6.80. The average Bonchev–Trinajstić information content (AvgIpc) is 2.24. The summed E-state index contributed by atoms with van der Waals surface area (Å²) in [6.45, 7) is 8.92. The summed E-state index contributed by atoms with van der Waals surface area (Å²) in [6.07, 6.45) is 9.09. The lowest BCUT2D eigenvalue weighted by Crippen LogP contribution is -2.36. The summed E-state index contributed by atoms with van der Waals surface area (Å²) in [5, 5.41) is 2.03. The van der Waals surface area contributed by atoms with Gasteiger partial charge in [-0.1, -0.05) is 52.9 Å². The molecule has 0 aliphatic heterocycles. The Labute approximate surface area is 96.2 Å². The van der Waals surface area contributed by atoms with Gasteiger partial charge in [0.05, 0.1) is 0 Å². The molecule has 2 heteroatoms. The van der Waals surface area contributed by atoms with E-state index in [1.807, 2.05) is 5.01 Å². The van der Waals surface area contributed by atoms with Gasteiger partial charge in [0.2, 0.25) is 0 Å². The normalized spacial score (nSPS) is 13.4. The number of nitrogens with two attached hydrogens (primary N) is 1. The highest BCUT2D eigenvalue weighted by Crippen LogP contribution is 2.13. The van der Waals surface area contributed by atoms with E-state index in [2.05, 4.69) is 20.8 Å². The second kappa shape index (κ2) is 10.4. The Morgan fingerprint density at radius 2 is 1.67 bits per heavy atom. The molecule has 0 radical (unpaired) electrons. The Hall–Kier alpha value is -0.0800. The molecule has 0 aliphatic rings. The standard InChI is InChI=1S/C13H30N2/c1-4-7-9-11-15(14)12-13(6-3)10-8-5-2/h13H,4-12,14H2,1-3H3. The summed E-state index contributed by atoms with van der Waals surface area (Å²) < 4.78 is 0. The minimum Gasteiger partial charge on any atom is -0.269 e. The van der Waals surface area contributed by atoms with Crippen LogP contribution in [-0.4, -0.2) is 18.1 Å². The maximum Gasteiger partial charge on any atom is 0.0156 e. The molecule has 2 nitrogen and oxygen atoms in total. The van der Waals surface area contributed by atoms with Gasteiger partial charge in [0.25, 0.3) is 0 Å². The molecule has 0 aliphatic carbocycles. The third-order valence-electron chi connectivity index (χ3n) is 3.08. The van der Waals surface area contributed by atoms with Gasteiger partial charge in [-0.15, -0.1) is 0 Å². The molecule has 1 atom stereocenters. The van der Waals surface area contributed by atoms with Crippen molar-refractivity contribution in [1.82, 2.24) is 5.01 Å². The van der Waals surface area contributed by atoms with Crippen molar-refractivity contribution < 1.29 is 0 Å². The van der Waals surface area contributed by atoms with E-state index in [1.165, 1.54) is 44.9 Å². The first-order valence-electron chi connectivity index (χ1n) is 6.74. The molecule has 0 saturated carbocycles. The van der Waals surface area contributed by atoms with E-state index >= 15 is 0 Å². The van der Waals surface area contributed by atoms with Crippen LogP contribution in [0.3, 0.4) is 0 Å². The average molecular weight is 214 g/mol. The minimum atomic E-state index is 0.802. The molecule has 1 unspecified atom stereocenters. The molecule has 0 aromatic heterocycles. The van der Waals surface area contributed by atoms with Gasteiger partial charge in [0.15, 0.2) is 0 Å². The Balaban J connectivity index is 3.55. The summed E-state index contributed by atoms with van der Waals surface area (Å²) >= 11 is 0. The van der Waals surface area contributed by atoms with Crippen molar-refractivity contribution in [2.75, 3.05) is 13.1 Å². The van der Waals surface area contributed by atoms with Gasteiger partial charge in [0.1, 0.15) is 0 Å². The minimum absolute atomic E-state index is 0.802. The predicted molar refractivity (Wildman–Crippen MR) is 68.6 cm³/mol. The van der Waals surface area contributed by atoms with Crippen molar-refractivity contribution >= 4 is 0 Å². The van der Waals surface area contributed by atoms with E-state index in [1.54, 1.807) is 0 Å². The molecule has 0 spiro atoms. The van der Waals surface area contributed by atoms with Crippen LogP contribution in [0.5, 0.6) is 0 Å². The van der Waals surface area contributed by atoms with Crippen LogP contribution in [0.4, 0.5) is 0 Å². The van der Waals surface area contributed by atoms with Gasteiger partial charge in [-0.3, -0.25) is 5.84 Å². The van der Waals surface area contributed by atoms with Crippen molar-refractivity contribution in [2.45, 2.75) is 65.7 Å². The highest BCUT2D eigenvalue weighted by Gasteiger charge is 2.09. The molecule has 0 aromatic carbocycles. The lowest BCUT2D eigenvalue weighted by molar-refractivity contribution is 0.219. The molecule has 0 saturated heterocycles. The molecule has 0 heterocycles. The van der Waals surface area contributed by atoms with E-state index in [9.17, 15) is 0 Å². The fourth-order valence-electron chi connectivity index (χ4n) is 1.91. The number of hydrazine groups is 1. The van der Waals surface area contributed by atoms with Gasteiger partial charge in [-0.25, -0.2) is 5.01 Å². The lowest BCUT2D eigenvalue weighted by Gasteiger charge is -2.22. The zero-order chi connectivity index (χ0) is 11.5. The van der Waals surface area contributed by atoms with Crippen molar-refractivity contribution in [1.29, 1.82) is 0 Å². The van der Waals surface area contributed by atoms with Crippen molar-refractivity contribution in [3.63, 3.8) is 0 Å². The van der Waals surface area contributed by atoms with Crippen molar-refractivity contribution in [3.8, 4) is 0 Å². The van der Waals surface area contributed by atoms with Crippen LogP contribution in [0, 0.1) is 5.92 Å². The Morgan fingerprint density at radius 3 is 2.20 bits per heavy atom. The van der Waals surface area contributed by atoms with E-state index in [-0.39, 0.29) is 0 Å². The summed E-state index contributed by atoms with van der Waals surface area (Å²) in [7, 11) is 0. The van der Waals surface area contributed by atoms with E-state index in [0.29, 0.717) is 0 Å². The van der Waals surface area contributed by atoms with Gasteiger partial charge in [-0.05, 0) is 18.8 Å². The smallest absolute Gasteiger partial charge is 0.0156 e. The van der Waals surface area contributed by atoms with Crippen LogP contribution in [0.1, 0.15) is 65.7 Å². The monoisotopic (exact) mass is 214 g/mol. The first kappa shape index (κ1) is 14.9. The second-order valence-electron chi connectivity index (χ2n) is 4.62. The third-order valence-corrected chi connectivity index (χ3v) is 3.08. The van der Waals surface area contributed by atoms with Gasteiger partial charge in [0, 0.05) is 13.1 Å². The number of unbranched alkanes of at least 4 members (excludes halogenated alkanes) is 3. The Morgan fingerprint density at radius 1 is 1.00 bits per heavy atom. The van der Waals surface area contributed by atoms with Crippen LogP contribution in [-0.2, 0) is 0 Å². The van der Waals surface area contributed by atoms with Gasteiger partial charge >= 0.3 is 0 Å². The summed E-state index contributed by atoms with van der Waals surface area (Å²) in [6, 6.07) is 0. The van der Waals surface area contributed by atoms with Crippen molar-refractivity contribution in [2.24, 2.45) is 11.8 Å². The topological polar surface area (TPSA) is 29.3 Å². The quantitative estimate of drug-likeness (QED) is 0.342. The number of hydrogen-bond acceptors (Lipinski definition) is 2. The Bertz CT molecular complexity index is 126. The number of hydrogen-bond donors (Lipinski definition) is 1. The predicted octanol–water partition coefficient (Wildman–Crippen LogP) is 3.57. The fraction of sp³-hybridized carbons (Fsp3) is 1.00. The largest absolute Gasteiger partial charge is 0.269 e. The van der Waals surface area contributed by atoms with Crippen LogP contribution < -0.4 is 5.84 Å². The molecule has 0 amide bonds. The zero-order valence-electron chi connectivity index (χ0n) is 11.0. The number of rotatable bonds is 10. The summed E-state index contributed by atoms with van der Waals surface area (Å²) in [5.41, 5.74) is 0. The fourth-order valence-corrected chi connectivity index (χ4v) is 1.91. The SMILES string of the molecule is CCCCCN(N)CC(CC)CCCC.